The van der Waals surface area contributed by atoms with Gasteiger partial charge in [-0.2, -0.15) is 0 Å². The first-order valence-electron chi connectivity index (χ1n) is 8.21. The largest absolute Gasteiger partial charge is 0.384 e. The highest BCUT2D eigenvalue weighted by atomic mass is 19.2. The Hall–Kier alpha value is -1.74. The van der Waals surface area contributed by atoms with Crippen molar-refractivity contribution in [2.75, 3.05) is 13.7 Å². The van der Waals surface area contributed by atoms with Crippen LogP contribution in [0.2, 0.25) is 0 Å². The molecule has 0 unspecified atom stereocenters. The Balaban J connectivity index is 1.69. The minimum Gasteiger partial charge on any atom is -0.384 e. The van der Waals surface area contributed by atoms with Crippen molar-refractivity contribution in [2.24, 2.45) is 5.92 Å². The molecule has 1 aliphatic rings. The summed E-state index contributed by atoms with van der Waals surface area (Å²) in [5.74, 6) is -0.318. The summed E-state index contributed by atoms with van der Waals surface area (Å²) in [5.41, 5.74) is 2.96. The zero-order valence-electron chi connectivity index (χ0n) is 13.4. The van der Waals surface area contributed by atoms with Gasteiger partial charge < -0.3 is 4.74 Å². The number of methoxy groups -OCH3 is 1. The number of benzene rings is 2. The van der Waals surface area contributed by atoms with Crippen molar-refractivity contribution in [3.63, 3.8) is 0 Å². The van der Waals surface area contributed by atoms with Crippen LogP contribution in [0.5, 0.6) is 0 Å². The van der Waals surface area contributed by atoms with E-state index < -0.39 is 11.6 Å². The molecule has 0 bridgehead atoms. The van der Waals surface area contributed by atoms with Gasteiger partial charge in [0.15, 0.2) is 11.6 Å². The molecule has 0 aromatic heterocycles. The van der Waals surface area contributed by atoms with E-state index in [9.17, 15) is 8.78 Å². The summed E-state index contributed by atoms with van der Waals surface area (Å²) in [6, 6.07) is 12.3. The maximum atomic E-state index is 13.3. The quantitative estimate of drug-likeness (QED) is 0.718. The molecule has 23 heavy (non-hydrogen) atoms. The van der Waals surface area contributed by atoms with Crippen molar-refractivity contribution in [3.8, 4) is 11.1 Å². The van der Waals surface area contributed by atoms with Crippen molar-refractivity contribution in [1.29, 1.82) is 0 Å². The Bertz CT molecular complexity index is 643. The summed E-state index contributed by atoms with van der Waals surface area (Å²) in [6.07, 6.45) is 4.81. The summed E-state index contributed by atoms with van der Waals surface area (Å²) in [6.45, 7) is 0.863. The summed E-state index contributed by atoms with van der Waals surface area (Å²) in [4.78, 5) is 0. The lowest BCUT2D eigenvalue weighted by atomic mass is 9.79. The molecule has 0 amide bonds. The summed E-state index contributed by atoms with van der Waals surface area (Å²) in [7, 11) is 1.77. The van der Waals surface area contributed by atoms with Gasteiger partial charge in [0.2, 0.25) is 0 Å². The van der Waals surface area contributed by atoms with Gasteiger partial charge in [-0.05, 0) is 66.3 Å². The van der Waals surface area contributed by atoms with Gasteiger partial charge >= 0.3 is 0 Å². The first-order valence-corrected chi connectivity index (χ1v) is 8.21. The van der Waals surface area contributed by atoms with Crippen molar-refractivity contribution in [2.45, 2.75) is 31.6 Å². The van der Waals surface area contributed by atoms with Crippen LogP contribution in [-0.4, -0.2) is 13.7 Å². The van der Waals surface area contributed by atoms with Gasteiger partial charge in [0.05, 0.1) is 0 Å². The first-order chi connectivity index (χ1) is 11.2. The molecule has 0 N–H and O–H groups in total. The third-order valence-electron chi connectivity index (χ3n) is 4.88. The lowest BCUT2D eigenvalue weighted by Gasteiger charge is -2.28. The molecule has 0 saturated heterocycles. The van der Waals surface area contributed by atoms with Crippen molar-refractivity contribution in [3.05, 3.63) is 59.7 Å². The van der Waals surface area contributed by atoms with Gasteiger partial charge in [0.25, 0.3) is 0 Å². The minimum absolute atomic E-state index is 0.599. The molecule has 1 fully saturated rings. The number of rotatable bonds is 4. The number of ether oxygens (including phenoxy) is 1. The van der Waals surface area contributed by atoms with E-state index >= 15 is 0 Å². The van der Waals surface area contributed by atoms with Gasteiger partial charge in [-0.15, -0.1) is 0 Å². The molecule has 1 nitrogen and oxygen atoms in total. The van der Waals surface area contributed by atoms with Crippen LogP contribution < -0.4 is 0 Å². The van der Waals surface area contributed by atoms with Gasteiger partial charge in [-0.25, -0.2) is 8.78 Å². The lowest BCUT2D eigenvalue weighted by Crippen LogP contribution is -2.17. The fourth-order valence-electron chi connectivity index (χ4n) is 3.52. The molecule has 0 radical (unpaired) electrons. The van der Waals surface area contributed by atoms with Crippen LogP contribution in [0.4, 0.5) is 8.78 Å². The number of halogens is 2. The average Bonchev–Trinajstić information content (AvgIpc) is 2.59. The Kier molecular flexibility index (Phi) is 5.06. The van der Waals surface area contributed by atoms with E-state index in [-0.39, 0.29) is 0 Å². The van der Waals surface area contributed by atoms with Crippen molar-refractivity contribution in [1.82, 2.24) is 0 Å². The molecule has 3 heteroatoms. The molecule has 3 rings (SSSR count). The van der Waals surface area contributed by atoms with Crippen molar-refractivity contribution >= 4 is 0 Å². The van der Waals surface area contributed by atoms with Crippen LogP contribution in [0.1, 0.15) is 37.2 Å². The topological polar surface area (TPSA) is 9.23 Å². The number of hydrogen-bond donors (Lipinski definition) is 0. The normalized spacial score (nSPS) is 21.3. The standard InChI is InChI=1S/C20H22F2O/c1-23-13-14-2-4-15(5-3-14)16-6-8-17(9-7-16)18-10-11-19(21)20(22)12-18/h6-12,14-15H,2-5,13H2,1H3. The zero-order valence-corrected chi connectivity index (χ0v) is 13.4. The van der Waals surface area contributed by atoms with Crippen LogP contribution >= 0.6 is 0 Å². The summed E-state index contributed by atoms with van der Waals surface area (Å²) in [5, 5.41) is 0. The Morgan fingerprint density at radius 2 is 1.52 bits per heavy atom. The number of hydrogen-bond acceptors (Lipinski definition) is 1. The molecule has 2 aromatic carbocycles. The second kappa shape index (κ2) is 7.22. The molecule has 0 heterocycles. The molecule has 1 aliphatic carbocycles. The zero-order chi connectivity index (χ0) is 16.2. The maximum absolute atomic E-state index is 13.3. The summed E-state index contributed by atoms with van der Waals surface area (Å²) >= 11 is 0. The molecule has 0 atom stereocenters. The van der Waals surface area contributed by atoms with Gasteiger partial charge in [-0.1, -0.05) is 30.3 Å². The molecule has 122 valence electrons. The fraction of sp³-hybridized carbons (Fsp3) is 0.400. The molecular formula is C20H22F2O. The minimum atomic E-state index is -0.807. The smallest absolute Gasteiger partial charge is 0.159 e. The fourth-order valence-corrected chi connectivity index (χ4v) is 3.52. The highest BCUT2D eigenvalue weighted by Gasteiger charge is 2.22. The van der Waals surface area contributed by atoms with Gasteiger partial charge in [0, 0.05) is 13.7 Å². The van der Waals surface area contributed by atoms with E-state index in [1.807, 2.05) is 12.1 Å². The summed E-state index contributed by atoms with van der Waals surface area (Å²) < 4.78 is 31.6. The van der Waals surface area contributed by atoms with Crippen LogP contribution in [0.15, 0.2) is 42.5 Å². The van der Waals surface area contributed by atoms with E-state index in [0.29, 0.717) is 17.4 Å². The molecule has 0 aliphatic heterocycles. The van der Waals surface area contributed by atoms with E-state index in [0.717, 1.165) is 12.2 Å². The van der Waals surface area contributed by atoms with E-state index in [2.05, 4.69) is 12.1 Å². The van der Waals surface area contributed by atoms with Crippen molar-refractivity contribution < 1.29 is 13.5 Å². The van der Waals surface area contributed by atoms with E-state index in [1.54, 1.807) is 13.2 Å². The third kappa shape index (κ3) is 3.78. The lowest BCUT2D eigenvalue weighted by molar-refractivity contribution is 0.127. The predicted octanol–water partition coefficient (Wildman–Crippen LogP) is 5.55. The molecule has 0 spiro atoms. The molecular weight excluding hydrogens is 294 g/mol. The van der Waals surface area contributed by atoms with Crippen LogP contribution in [0.3, 0.4) is 0 Å². The van der Waals surface area contributed by atoms with E-state index in [1.165, 1.54) is 43.4 Å². The predicted molar refractivity (Wildman–Crippen MR) is 88.4 cm³/mol. The Labute approximate surface area is 136 Å². The van der Waals surface area contributed by atoms with Gasteiger partial charge in [-0.3, -0.25) is 0 Å². The van der Waals surface area contributed by atoms with Crippen LogP contribution in [-0.2, 0) is 4.74 Å². The van der Waals surface area contributed by atoms with E-state index in [4.69, 9.17) is 4.74 Å². The second-order valence-electron chi connectivity index (χ2n) is 6.42. The highest BCUT2D eigenvalue weighted by molar-refractivity contribution is 5.63. The maximum Gasteiger partial charge on any atom is 0.159 e. The van der Waals surface area contributed by atoms with Crippen LogP contribution in [0.25, 0.3) is 11.1 Å². The molecule has 2 aromatic rings. The Morgan fingerprint density at radius 3 is 2.13 bits per heavy atom. The highest BCUT2D eigenvalue weighted by Crippen LogP contribution is 2.36. The average molecular weight is 316 g/mol. The Morgan fingerprint density at radius 1 is 0.870 bits per heavy atom. The second-order valence-corrected chi connectivity index (χ2v) is 6.42. The monoisotopic (exact) mass is 316 g/mol. The SMILES string of the molecule is COCC1CCC(c2ccc(-c3ccc(F)c(F)c3)cc2)CC1. The third-order valence-corrected chi connectivity index (χ3v) is 4.88. The molecule has 1 saturated carbocycles. The van der Waals surface area contributed by atoms with Gasteiger partial charge in [0.1, 0.15) is 0 Å². The van der Waals surface area contributed by atoms with Crippen LogP contribution in [0, 0.1) is 17.6 Å². The first kappa shape index (κ1) is 16.1.